The third kappa shape index (κ3) is 3.62. The molecule has 0 spiro atoms. The fraction of sp³-hybridized carbons (Fsp3) is 0.500. The Morgan fingerprint density at radius 1 is 1.40 bits per heavy atom. The van der Waals surface area contributed by atoms with E-state index in [0.717, 1.165) is 36.4 Å². The molecule has 25 heavy (non-hydrogen) atoms. The summed E-state index contributed by atoms with van der Waals surface area (Å²) in [5.41, 5.74) is 0.898. The van der Waals surface area contributed by atoms with Crippen molar-refractivity contribution < 1.29 is 9.63 Å². The van der Waals surface area contributed by atoms with Crippen LogP contribution in [0.1, 0.15) is 18.6 Å². The standard InChI is InChI=1S/C16H21N7O2/c1-21-9-13(8-18-21)15-7-14(25-19-15)10-22-5-2-3-16(24,11-22)12-23-6-4-17-20-23/h4,6-9,24H,2-3,5,10-12H2,1H3. The molecule has 1 aliphatic rings. The molecule has 0 aliphatic carbocycles. The van der Waals surface area contributed by atoms with Gasteiger partial charge in [-0.25, -0.2) is 4.68 Å². The Kier molecular flexibility index (Phi) is 4.10. The monoisotopic (exact) mass is 343 g/mol. The lowest BCUT2D eigenvalue weighted by Crippen LogP contribution is -2.50. The van der Waals surface area contributed by atoms with Gasteiger partial charge in [0.15, 0.2) is 5.76 Å². The maximum Gasteiger partial charge on any atom is 0.151 e. The van der Waals surface area contributed by atoms with Crippen LogP contribution in [0.3, 0.4) is 0 Å². The number of aliphatic hydroxyl groups is 1. The van der Waals surface area contributed by atoms with Gasteiger partial charge in [0.2, 0.25) is 0 Å². The van der Waals surface area contributed by atoms with E-state index in [9.17, 15) is 5.11 Å². The van der Waals surface area contributed by atoms with Gasteiger partial charge < -0.3 is 9.63 Å². The van der Waals surface area contributed by atoms with Crippen molar-refractivity contribution in [2.24, 2.45) is 7.05 Å². The molecule has 3 aromatic rings. The first-order chi connectivity index (χ1) is 12.1. The highest BCUT2D eigenvalue weighted by Gasteiger charge is 2.34. The second-order valence-electron chi connectivity index (χ2n) is 6.72. The number of aromatic nitrogens is 6. The number of nitrogens with zero attached hydrogens (tertiary/aromatic N) is 7. The minimum absolute atomic E-state index is 0.445. The summed E-state index contributed by atoms with van der Waals surface area (Å²) in [6.07, 6.45) is 8.74. The Labute approximate surface area is 144 Å². The van der Waals surface area contributed by atoms with Gasteiger partial charge in [-0.1, -0.05) is 10.4 Å². The van der Waals surface area contributed by atoms with Crippen LogP contribution >= 0.6 is 0 Å². The van der Waals surface area contributed by atoms with E-state index in [1.54, 1.807) is 28.0 Å². The fourth-order valence-electron chi connectivity index (χ4n) is 3.39. The summed E-state index contributed by atoms with van der Waals surface area (Å²) in [5.74, 6) is 0.781. The van der Waals surface area contributed by atoms with Crippen LogP contribution in [0.2, 0.25) is 0 Å². The first-order valence-corrected chi connectivity index (χ1v) is 8.33. The van der Waals surface area contributed by atoms with E-state index in [1.807, 2.05) is 19.3 Å². The number of piperidine rings is 1. The number of β-amino-alcohol motifs (C(OH)–C–C–N with tert-alkyl or cyclic N) is 1. The van der Waals surface area contributed by atoms with Crippen LogP contribution in [0.4, 0.5) is 0 Å². The van der Waals surface area contributed by atoms with E-state index in [1.165, 1.54) is 0 Å². The van der Waals surface area contributed by atoms with E-state index < -0.39 is 5.60 Å². The molecular weight excluding hydrogens is 322 g/mol. The summed E-state index contributed by atoms with van der Waals surface area (Å²) in [7, 11) is 1.87. The molecule has 0 aromatic carbocycles. The Balaban J connectivity index is 1.41. The Morgan fingerprint density at radius 3 is 3.08 bits per heavy atom. The van der Waals surface area contributed by atoms with Gasteiger partial charge in [-0.3, -0.25) is 9.58 Å². The lowest BCUT2D eigenvalue weighted by molar-refractivity contribution is -0.0494. The maximum atomic E-state index is 10.9. The SMILES string of the molecule is Cn1cc(-c2cc(CN3CCCC(O)(Cn4ccnn4)C3)on2)cn1. The van der Waals surface area contributed by atoms with Gasteiger partial charge in [0.1, 0.15) is 5.69 Å². The normalized spacial score (nSPS) is 21.7. The van der Waals surface area contributed by atoms with Crippen molar-refractivity contribution >= 4 is 0 Å². The number of rotatable bonds is 5. The van der Waals surface area contributed by atoms with Crippen molar-refractivity contribution in [3.63, 3.8) is 0 Å². The highest BCUT2D eigenvalue weighted by Crippen LogP contribution is 2.25. The maximum absolute atomic E-state index is 10.9. The molecule has 0 bridgehead atoms. The van der Waals surface area contributed by atoms with Gasteiger partial charge in [-0.2, -0.15) is 5.10 Å². The zero-order chi connectivity index (χ0) is 17.3. The summed E-state index contributed by atoms with van der Waals surface area (Å²) in [6.45, 7) is 2.55. The molecule has 1 atom stereocenters. The largest absolute Gasteiger partial charge is 0.387 e. The molecule has 1 aliphatic heterocycles. The van der Waals surface area contributed by atoms with E-state index >= 15 is 0 Å². The van der Waals surface area contributed by atoms with E-state index in [4.69, 9.17) is 4.52 Å². The molecule has 0 saturated carbocycles. The van der Waals surface area contributed by atoms with Gasteiger partial charge >= 0.3 is 0 Å². The minimum Gasteiger partial charge on any atom is -0.387 e. The molecule has 1 N–H and O–H groups in total. The molecule has 4 rings (SSSR count). The first kappa shape index (κ1) is 16.0. The van der Waals surface area contributed by atoms with Crippen molar-refractivity contribution in [1.82, 2.24) is 34.8 Å². The Bertz CT molecular complexity index is 825. The summed E-state index contributed by atoms with van der Waals surface area (Å²) in [5, 5.41) is 26.9. The van der Waals surface area contributed by atoms with E-state index in [2.05, 4.69) is 25.5 Å². The fourth-order valence-corrected chi connectivity index (χ4v) is 3.39. The second-order valence-corrected chi connectivity index (χ2v) is 6.72. The lowest BCUT2D eigenvalue weighted by atomic mass is 9.92. The van der Waals surface area contributed by atoms with Crippen LogP contribution in [-0.4, -0.2) is 58.6 Å². The van der Waals surface area contributed by atoms with E-state index in [-0.39, 0.29) is 0 Å². The lowest BCUT2D eigenvalue weighted by Gasteiger charge is -2.38. The highest BCUT2D eigenvalue weighted by molar-refractivity contribution is 5.56. The van der Waals surface area contributed by atoms with Gasteiger partial charge in [0.25, 0.3) is 0 Å². The summed E-state index contributed by atoms with van der Waals surface area (Å²) in [4.78, 5) is 2.19. The summed E-state index contributed by atoms with van der Waals surface area (Å²) >= 11 is 0. The third-order valence-electron chi connectivity index (χ3n) is 4.50. The number of hydrogen-bond donors (Lipinski definition) is 1. The predicted molar refractivity (Wildman–Crippen MR) is 88.2 cm³/mol. The van der Waals surface area contributed by atoms with Gasteiger partial charge in [0, 0.05) is 37.6 Å². The van der Waals surface area contributed by atoms with Crippen LogP contribution in [0.5, 0.6) is 0 Å². The van der Waals surface area contributed by atoms with Crippen LogP contribution in [0.25, 0.3) is 11.3 Å². The average molecular weight is 343 g/mol. The van der Waals surface area contributed by atoms with Crippen LogP contribution in [0.15, 0.2) is 35.4 Å². The molecule has 4 heterocycles. The molecule has 9 nitrogen and oxygen atoms in total. The van der Waals surface area contributed by atoms with Gasteiger partial charge in [-0.15, -0.1) is 5.10 Å². The molecule has 1 unspecified atom stereocenters. The van der Waals surface area contributed by atoms with Gasteiger partial charge in [-0.05, 0) is 19.4 Å². The summed E-state index contributed by atoms with van der Waals surface area (Å²) < 4.78 is 8.88. The van der Waals surface area contributed by atoms with Crippen molar-refractivity contribution in [1.29, 1.82) is 0 Å². The quantitative estimate of drug-likeness (QED) is 0.728. The molecule has 3 aromatic heterocycles. The minimum atomic E-state index is -0.807. The second kappa shape index (κ2) is 6.41. The van der Waals surface area contributed by atoms with Crippen molar-refractivity contribution in [2.75, 3.05) is 13.1 Å². The molecule has 1 saturated heterocycles. The molecule has 0 radical (unpaired) electrons. The van der Waals surface area contributed by atoms with Crippen LogP contribution in [-0.2, 0) is 20.1 Å². The Hall–Kier alpha value is -2.52. The van der Waals surface area contributed by atoms with Gasteiger partial charge in [0.05, 0.1) is 31.1 Å². The predicted octanol–water partition coefficient (Wildman–Crippen LogP) is 0.694. The van der Waals surface area contributed by atoms with E-state index in [0.29, 0.717) is 19.6 Å². The molecule has 9 heteroatoms. The highest BCUT2D eigenvalue weighted by atomic mass is 16.5. The van der Waals surface area contributed by atoms with Crippen molar-refractivity contribution in [3.05, 3.63) is 36.6 Å². The number of hydrogen-bond acceptors (Lipinski definition) is 7. The first-order valence-electron chi connectivity index (χ1n) is 8.33. The molecule has 1 fully saturated rings. The molecule has 0 amide bonds. The number of likely N-dealkylation sites (tertiary alicyclic amines) is 1. The smallest absolute Gasteiger partial charge is 0.151 e. The zero-order valence-electron chi connectivity index (χ0n) is 14.1. The molecular formula is C16H21N7O2. The topological polar surface area (TPSA) is 98.0 Å². The Morgan fingerprint density at radius 2 is 2.32 bits per heavy atom. The van der Waals surface area contributed by atoms with Crippen molar-refractivity contribution in [3.8, 4) is 11.3 Å². The third-order valence-corrected chi connectivity index (χ3v) is 4.50. The summed E-state index contributed by atoms with van der Waals surface area (Å²) in [6, 6.07) is 1.93. The average Bonchev–Trinajstić information content (AvgIpc) is 3.29. The number of aryl methyl sites for hydroxylation is 1. The van der Waals surface area contributed by atoms with Crippen LogP contribution in [0, 0.1) is 0 Å². The zero-order valence-corrected chi connectivity index (χ0v) is 14.1. The van der Waals surface area contributed by atoms with Crippen LogP contribution < -0.4 is 0 Å². The van der Waals surface area contributed by atoms with Crippen molar-refractivity contribution in [2.45, 2.75) is 31.5 Å². The molecule has 132 valence electrons.